The van der Waals surface area contributed by atoms with Crippen molar-refractivity contribution in [2.75, 3.05) is 32.9 Å². The van der Waals surface area contributed by atoms with E-state index >= 15 is 0 Å². The molecule has 0 heterocycles. The van der Waals surface area contributed by atoms with Crippen LogP contribution in [-0.4, -0.2) is 47.3 Å². The molecule has 0 aromatic heterocycles. The second-order valence-corrected chi connectivity index (χ2v) is 7.40. The van der Waals surface area contributed by atoms with Crippen molar-refractivity contribution in [2.45, 2.75) is 58.3 Å². The molecule has 7 heteroatoms. The van der Waals surface area contributed by atoms with Crippen LogP contribution in [0.5, 0.6) is 0 Å². The molecule has 0 saturated carbocycles. The van der Waals surface area contributed by atoms with E-state index < -0.39 is 10.0 Å². The van der Waals surface area contributed by atoms with E-state index in [0.717, 1.165) is 25.2 Å². The summed E-state index contributed by atoms with van der Waals surface area (Å²) in [7, 11) is -1.40. The third kappa shape index (κ3) is 15.6. The molecule has 0 rings (SSSR count). The molecule has 0 aromatic carbocycles. The van der Waals surface area contributed by atoms with Gasteiger partial charge in [0.2, 0.25) is 10.0 Å². The van der Waals surface area contributed by atoms with Crippen LogP contribution in [0.3, 0.4) is 0 Å². The van der Waals surface area contributed by atoms with Crippen molar-refractivity contribution < 1.29 is 8.42 Å². The fourth-order valence-corrected chi connectivity index (χ4v) is 2.58. The zero-order valence-corrected chi connectivity index (χ0v) is 15.3. The van der Waals surface area contributed by atoms with Crippen LogP contribution >= 0.6 is 0 Å². The number of hydrogen-bond donors (Lipinski definition) is 3. The Labute approximate surface area is 136 Å². The van der Waals surface area contributed by atoms with Crippen molar-refractivity contribution >= 4 is 16.0 Å². The molecular weight excluding hydrogens is 300 g/mol. The average molecular weight is 335 g/mol. The van der Waals surface area contributed by atoms with Crippen LogP contribution in [0, 0.1) is 0 Å². The molecule has 0 amide bonds. The van der Waals surface area contributed by atoms with Crippen molar-refractivity contribution in [3.8, 4) is 0 Å². The van der Waals surface area contributed by atoms with Gasteiger partial charge < -0.3 is 10.6 Å². The molecule has 0 aliphatic rings. The average Bonchev–Trinajstić information content (AvgIpc) is 2.46. The van der Waals surface area contributed by atoms with Crippen LogP contribution in [0.15, 0.2) is 4.99 Å². The van der Waals surface area contributed by atoms with Gasteiger partial charge in [0.25, 0.3) is 0 Å². The first-order valence-corrected chi connectivity index (χ1v) is 10.3. The molecule has 132 valence electrons. The predicted octanol–water partition coefficient (Wildman–Crippen LogP) is 1.84. The minimum Gasteiger partial charge on any atom is -0.356 e. The highest BCUT2D eigenvalue weighted by atomic mass is 32.2. The van der Waals surface area contributed by atoms with Gasteiger partial charge in [0.05, 0.1) is 6.26 Å². The van der Waals surface area contributed by atoms with Crippen molar-refractivity contribution in [3.05, 3.63) is 0 Å². The molecule has 0 saturated heterocycles. The number of nitrogens with zero attached hydrogens (tertiary/aromatic N) is 1. The van der Waals surface area contributed by atoms with Crippen LogP contribution in [0.4, 0.5) is 0 Å². The van der Waals surface area contributed by atoms with Crippen molar-refractivity contribution in [2.24, 2.45) is 4.99 Å². The van der Waals surface area contributed by atoms with Crippen LogP contribution in [0.1, 0.15) is 58.3 Å². The number of sulfonamides is 1. The highest BCUT2D eigenvalue weighted by Crippen LogP contribution is 2.07. The predicted molar refractivity (Wildman–Crippen MR) is 94.8 cm³/mol. The Balaban J connectivity index is 3.47. The molecule has 0 aromatic rings. The smallest absolute Gasteiger partial charge is 0.208 e. The molecule has 3 N–H and O–H groups in total. The van der Waals surface area contributed by atoms with E-state index in [1.54, 1.807) is 7.05 Å². The van der Waals surface area contributed by atoms with Gasteiger partial charge in [-0.1, -0.05) is 51.9 Å². The lowest BCUT2D eigenvalue weighted by atomic mass is 10.1. The quantitative estimate of drug-likeness (QED) is 0.273. The van der Waals surface area contributed by atoms with Gasteiger partial charge >= 0.3 is 0 Å². The van der Waals surface area contributed by atoms with Gasteiger partial charge in [-0.2, -0.15) is 0 Å². The molecular formula is C15H34N4O2S. The molecule has 0 bridgehead atoms. The maximum Gasteiger partial charge on any atom is 0.208 e. The van der Waals surface area contributed by atoms with Crippen molar-refractivity contribution in [1.29, 1.82) is 0 Å². The lowest BCUT2D eigenvalue weighted by molar-refractivity contribution is 0.571. The van der Waals surface area contributed by atoms with Crippen molar-refractivity contribution in [1.82, 2.24) is 15.4 Å². The molecule has 6 nitrogen and oxygen atoms in total. The van der Waals surface area contributed by atoms with Gasteiger partial charge in [-0.05, 0) is 6.42 Å². The van der Waals surface area contributed by atoms with Gasteiger partial charge in [-0.25, -0.2) is 13.1 Å². The third-order valence-electron chi connectivity index (χ3n) is 3.33. The number of nitrogens with one attached hydrogen (secondary N) is 3. The lowest BCUT2D eigenvalue weighted by Gasteiger charge is -2.11. The summed E-state index contributed by atoms with van der Waals surface area (Å²) in [6.07, 6.45) is 11.6. The van der Waals surface area contributed by atoms with Crippen LogP contribution in [0.25, 0.3) is 0 Å². The molecule has 0 spiro atoms. The summed E-state index contributed by atoms with van der Waals surface area (Å²) >= 11 is 0. The van der Waals surface area contributed by atoms with E-state index in [4.69, 9.17) is 0 Å². The highest BCUT2D eigenvalue weighted by Gasteiger charge is 2.00. The monoisotopic (exact) mass is 334 g/mol. The zero-order chi connectivity index (χ0) is 16.7. The molecule has 22 heavy (non-hydrogen) atoms. The second kappa shape index (κ2) is 13.8. The standard InChI is InChI=1S/C15H34N4O2S/c1-4-5-6-7-8-9-10-11-12-17-15(16-2)18-13-14-19-22(3,20)21/h19H,4-14H2,1-3H3,(H2,16,17,18). The van der Waals surface area contributed by atoms with Crippen LogP contribution < -0.4 is 15.4 Å². The van der Waals surface area contributed by atoms with E-state index in [0.29, 0.717) is 13.1 Å². The van der Waals surface area contributed by atoms with Gasteiger partial charge in [0.1, 0.15) is 0 Å². The maximum absolute atomic E-state index is 10.9. The summed E-state index contributed by atoms with van der Waals surface area (Å²) in [5.41, 5.74) is 0. The molecule has 0 unspecified atom stereocenters. The largest absolute Gasteiger partial charge is 0.356 e. The van der Waals surface area contributed by atoms with E-state index in [-0.39, 0.29) is 0 Å². The summed E-state index contributed by atoms with van der Waals surface area (Å²) in [5, 5.41) is 6.32. The lowest BCUT2D eigenvalue weighted by Crippen LogP contribution is -2.41. The van der Waals surface area contributed by atoms with E-state index in [9.17, 15) is 8.42 Å². The third-order valence-corrected chi connectivity index (χ3v) is 4.06. The Kier molecular flexibility index (Phi) is 13.3. The number of rotatable bonds is 13. The number of unbranched alkanes of at least 4 members (excludes halogenated alkanes) is 7. The van der Waals surface area contributed by atoms with E-state index in [1.165, 1.54) is 44.9 Å². The fraction of sp³-hybridized carbons (Fsp3) is 0.933. The summed E-state index contributed by atoms with van der Waals surface area (Å²) in [6.45, 7) is 4.01. The van der Waals surface area contributed by atoms with Crippen molar-refractivity contribution in [3.63, 3.8) is 0 Å². The number of hydrogen-bond acceptors (Lipinski definition) is 3. The molecule has 0 radical (unpaired) electrons. The first kappa shape index (κ1) is 21.2. The van der Waals surface area contributed by atoms with Gasteiger partial charge in [0.15, 0.2) is 5.96 Å². The Bertz CT molecular complexity index is 383. The summed E-state index contributed by atoms with van der Waals surface area (Å²) in [5.74, 6) is 0.721. The Morgan fingerprint density at radius 3 is 1.95 bits per heavy atom. The Hall–Kier alpha value is -0.820. The fourth-order valence-electron chi connectivity index (χ4n) is 2.10. The Morgan fingerprint density at radius 2 is 1.41 bits per heavy atom. The topological polar surface area (TPSA) is 82.6 Å². The molecule has 0 fully saturated rings. The second-order valence-electron chi connectivity index (χ2n) is 5.57. The van der Waals surface area contributed by atoms with Gasteiger partial charge in [-0.3, -0.25) is 4.99 Å². The van der Waals surface area contributed by atoms with E-state index in [2.05, 4.69) is 27.3 Å². The highest BCUT2D eigenvalue weighted by molar-refractivity contribution is 7.88. The number of guanidine groups is 1. The first-order chi connectivity index (χ1) is 10.5. The normalized spacial score (nSPS) is 12.4. The minimum atomic E-state index is -3.11. The SMILES string of the molecule is CCCCCCCCCCNC(=NC)NCCNS(C)(=O)=O. The van der Waals surface area contributed by atoms with E-state index in [1.807, 2.05) is 0 Å². The van der Waals surface area contributed by atoms with Gasteiger partial charge in [-0.15, -0.1) is 0 Å². The Morgan fingerprint density at radius 1 is 0.864 bits per heavy atom. The first-order valence-electron chi connectivity index (χ1n) is 8.38. The van der Waals surface area contributed by atoms with Crippen LogP contribution in [-0.2, 0) is 10.0 Å². The summed E-state index contributed by atoms with van der Waals surface area (Å²) in [6, 6.07) is 0. The minimum absolute atomic E-state index is 0.358. The zero-order valence-electron chi connectivity index (χ0n) is 14.5. The summed E-state index contributed by atoms with van der Waals surface area (Å²) < 4.78 is 24.3. The molecule has 0 aliphatic heterocycles. The maximum atomic E-state index is 10.9. The summed E-state index contributed by atoms with van der Waals surface area (Å²) in [4.78, 5) is 4.11. The van der Waals surface area contributed by atoms with Gasteiger partial charge in [0, 0.05) is 26.7 Å². The molecule has 0 aliphatic carbocycles. The number of aliphatic imine (C=N–C) groups is 1. The van der Waals surface area contributed by atoms with Crippen LogP contribution in [0.2, 0.25) is 0 Å². The molecule has 0 atom stereocenters.